The highest BCUT2D eigenvalue weighted by atomic mass is 16.6. The quantitative estimate of drug-likeness (QED) is 0.623. The molecule has 0 unspecified atom stereocenters. The topological polar surface area (TPSA) is 68.1 Å². The van der Waals surface area contributed by atoms with E-state index in [9.17, 15) is 10.1 Å². The van der Waals surface area contributed by atoms with Crippen LogP contribution in [0, 0.1) is 16.0 Å². The molecule has 1 N–H and O–H groups in total. The van der Waals surface area contributed by atoms with Crippen molar-refractivity contribution in [1.29, 1.82) is 0 Å². The summed E-state index contributed by atoms with van der Waals surface area (Å²) in [4.78, 5) is 15.2. The Kier molecular flexibility index (Phi) is 4.03. The number of nitrogens with zero attached hydrogens (tertiary/aromatic N) is 2. The first kappa shape index (κ1) is 15.5. The van der Waals surface area contributed by atoms with Crippen molar-refractivity contribution in [1.82, 2.24) is 4.98 Å². The van der Waals surface area contributed by atoms with Crippen LogP contribution in [0.5, 0.6) is 0 Å². The van der Waals surface area contributed by atoms with Crippen molar-refractivity contribution in [3.63, 3.8) is 0 Å². The fourth-order valence-electron chi connectivity index (χ4n) is 2.96. The molecule has 1 fully saturated rings. The van der Waals surface area contributed by atoms with E-state index in [-0.39, 0.29) is 16.1 Å². The summed E-state index contributed by atoms with van der Waals surface area (Å²) in [5, 5.41) is 14.8. The van der Waals surface area contributed by atoms with Gasteiger partial charge in [-0.15, -0.1) is 0 Å². The third kappa shape index (κ3) is 3.86. The zero-order valence-electron chi connectivity index (χ0n) is 13.5. The molecule has 5 heteroatoms. The summed E-state index contributed by atoms with van der Waals surface area (Å²) in [5.41, 5.74) is 2.21. The molecule has 1 aromatic heterocycles. The molecule has 120 valence electrons. The average Bonchev–Trinajstić information content (AvgIpc) is 3.31. The molecular weight excluding hydrogens is 290 g/mol. The average molecular weight is 311 g/mol. The molecule has 1 aliphatic carbocycles. The smallest absolute Gasteiger partial charge is 0.292 e. The number of anilines is 1. The molecule has 0 amide bonds. The van der Waals surface area contributed by atoms with Gasteiger partial charge in [0.1, 0.15) is 5.69 Å². The number of nitrogens with one attached hydrogen (secondary N) is 1. The Bertz CT molecular complexity index is 709. The van der Waals surface area contributed by atoms with Gasteiger partial charge in [0.05, 0.1) is 4.92 Å². The largest absolute Gasteiger partial charge is 0.375 e. The lowest BCUT2D eigenvalue weighted by Gasteiger charge is -2.27. The van der Waals surface area contributed by atoms with Gasteiger partial charge in [-0.25, -0.2) is 0 Å². The Labute approximate surface area is 135 Å². The number of hydrogen-bond donors (Lipinski definition) is 1. The van der Waals surface area contributed by atoms with E-state index < -0.39 is 0 Å². The number of benzene rings is 1. The molecule has 1 saturated carbocycles. The Morgan fingerprint density at radius 3 is 2.70 bits per heavy atom. The Hall–Kier alpha value is -2.43. The highest BCUT2D eigenvalue weighted by molar-refractivity contribution is 5.73. The molecule has 1 aliphatic rings. The van der Waals surface area contributed by atoms with Crippen molar-refractivity contribution in [2.24, 2.45) is 5.92 Å². The molecule has 1 aromatic carbocycles. The van der Waals surface area contributed by atoms with Crippen LogP contribution >= 0.6 is 0 Å². The first-order valence-corrected chi connectivity index (χ1v) is 7.92. The highest BCUT2D eigenvalue weighted by Crippen LogP contribution is 2.39. The summed E-state index contributed by atoms with van der Waals surface area (Å²) in [7, 11) is 0. The minimum atomic E-state index is -0.324. The van der Waals surface area contributed by atoms with Crippen LogP contribution in [-0.4, -0.2) is 15.4 Å². The minimum absolute atomic E-state index is 0.107. The molecule has 0 radical (unpaired) electrons. The second-order valence-electron chi connectivity index (χ2n) is 6.89. The lowest BCUT2D eigenvalue weighted by Crippen LogP contribution is -2.31. The number of aromatic nitrogens is 1. The molecule has 1 heterocycles. The third-order valence-electron chi connectivity index (χ3n) is 4.16. The predicted molar refractivity (Wildman–Crippen MR) is 91.4 cm³/mol. The highest BCUT2D eigenvalue weighted by Gasteiger charge is 2.31. The van der Waals surface area contributed by atoms with Gasteiger partial charge in [-0.1, -0.05) is 25.0 Å². The van der Waals surface area contributed by atoms with Gasteiger partial charge in [0, 0.05) is 29.6 Å². The van der Waals surface area contributed by atoms with Gasteiger partial charge >= 0.3 is 0 Å². The molecule has 23 heavy (non-hydrogen) atoms. The minimum Gasteiger partial charge on any atom is -0.375 e. The summed E-state index contributed by atoms with van der Waals surface area (Å²) in [6.07, 6.45) is 6.98. The predicted octanol–water partition coefficient (Wildman–Crippen LogP) is 4.65. The molecule has 0 saturated heterocycles. The number of nitro groups is 1. The van der Waals surface area contributed by atoms with Crippen molar-refractivity contribution in [3.8, 4) is 11.1 Å². The van der Waals surface area contributed by atoms with E-state index in [2.05, 4.69) is 24.1 Å². The van der Waals surface area contributed by atoms with Crippen LogP contribution in [0.15, 0.2) is 42.7 Å². The molecule has 0 bridgehead atoms. The van der Waals surface area contributed by atoms with E-state index >= 15 is 0 Å². The van der Waals surface area contributed by atoms with E-state index in [1.165, 1.54) is 12.8 Å². The monoisotopic (exact) mass is 311 g/mol. The van der Waals surface area contributed by atoms with Gasteiger partial charge in [0.2, 0.25) is 0 Å². The standard InChI is InChI=1S/C18H21N3O2/c1-18(2,11-13-5-6-13)20-16-8-7-14(10-17(16)21(22)23)15-4-3-9-19-12-15/h3-4,7-10,12-13,20H,5-6,11H2,1-2H3. The molecule has 2 aromatic rings. The van der Waals surface area contributed by atoms with Crippen molar-refractivity contribution in [2.45, 2.75) is 38.6 Å². The second-order valence-corrected chi connectivity index (χ2v) is 6.89. The molecule has 0 atom stereocenters. The zero-order chi connectivity index (χ0) is 16.4. The van der Waals surface area contributed by atoms with Gasteiger partial charge < -0.3 is 5.32 Å². The maximum atomic E-state index is 11.5. The van der Waals surface area contributed by atoms with E-state index in [0.717, 1.165) is 23.5 Å². The molecular formula is C18H21N3O2. The summed E-state index contributed by atoms with van der Waals surface area (Å²) < 4.78 is 0. The lowest BCUT2D eigenvalue weighted by molar-refractivity contribution is -0.383. The van der Waals surface area contributed by atoms with Crippen LogP contribution in [0.1, 0.15) is 33.1 Å². The molecule has 0 spiro atoms. The fourth-order valence-corrected chi connectivity index (χ4v) is 2.96. The van der Waals surface area contributed by atoms with E-state index in [1.807, 2.05) is 18.2 Å². The van der Waals surface area contributed by atoms with Crippen molar-refractivity contribution in [2.75, 3.05) is 5.32 Å². The van der Waals surface area contributed by atoms with Crippen molar-refractivity contribution >= 4 is 11.4 Å². The molecule has 3 rings (SSSR count). The van der Waals surface area contributed by atoms with E-state index in [4.69, 9.17) is 0 Å². The maximum absolute atomic E-state index is 11.5. The van der Waals surface area contributed by atoms with Gasteiger partial charge in [0.25, 0.3) is 5.69 Å². The summed E-state index contributed by atoms with van der Waals surface area (Å²) in [6.45, 7) is 4.20. The number of pyridine rings is 1. The van der Waals surface area contributed by atoms with E-state index in [1.54, 1.807) is 24.5 Å². The zero-order valence-corrected chi connectivity index (χ0v) is 13.5. The third-order valence-corrected chi connectivity index (χ3v) is 4.16. The van der Waals surface area contributed by atoms with Gasteiger partial charge in [-0.3, -0.25) is 15.1 Å². The normalized spacial score (nSPS) is 14.5. The summed E-state index contributed by atoms with van der Waals surface area (Å²) in [6, 6.07) is 9.05. The first-order chi connectivity index (χ1) is 10.9. The second kappa shape index (κ2) is 5.99. The van der Waals surface area contributed by atoms with Crippen LogP contribution in [0.3, 0.4) is 0 Å². The summed E-state index contributed by atoms with van der Waals surface area (Å²) >= 11 is 0. The van der Waals surface area contributed by atoms with Gasteiger partial charge in [-0.05, 0) is 43.9 Å². The van der Waals surface area contributed by atoms with Crippen LogP contribution in [0.25, 0.3) is 11.1 Å². The van der Waals surface area contributed by atoms with Gasteiger partial charge in [-0.2, -0.15) is 0 Å². The number of rotatable bonds is 6. The Balaban J connectivity index is 1.89. The van der Waals surface area contributed by atoms with E-state index in [0.29, 0.717) is 5.69 Å². The van der Waals surface area contributed by atoms with Crippen molar-refractivity contribution < 1.29 is 4.92 Å². The Morgan fingerprint density at radius 1 is 1.30 bits per heavy atom. The van der Waals surface area contributed by atoms with Crippen LogP contribution < -0.4 is 5.32 Å². The van der Waals surface area contributed by atoms with Gasteiger partial charge in [0.15, 0.2) is 0 Å². The molecule has 0 aliphatic heterocycles. The summed E-state index contributed by atoms with van der Waals surface area (Å²) in [5.74, 6) is 0.756. The lowest BCUT2D eigenvalue weighted by atomic mass is 9.96. The van der Waals surface area contributed by atoms with Crippen LogP contribution in [-0.2, 0) is 0 Å². The number of hydrogen-bond acceptors (Lipinski definition) is 4. The Morgan fingerprint density at radius 2 is 2.09 bits per heavy atom. The first-order valence-electron chi connectivity index (χ1n) is 7.92. The van der Waals surface area contributed by atoms with Crippen molar-refractivity contribution in [3.05, 3.63) is 52.8 Å². The fraction of sp³-hybridized carbons (Fsp3) is 0.389. The maximum Gasteiger partial charge on any atom is 0.292 e. The SMILES string of the molecule is CC(C)(CC1CC1)Nc1ccc(-c2cccnc2)cc1[N+](=O)[O-]. The van der Waals surface area contributed by atoms with Crippen LogP contribution in [0.2, 0.25) is 0 Å². The van der Waals surface area contributed by atoms with Crippen LogP contribution in [0.4, 0.5) is 11.4 Å². The number of nitro benzene ring substituents is 1. The molecule has 5 nitrogen and oxygen atoms in total.